The van der Waals surface area contributed by atoms with E-state index in [0.717, 1.165) is 17.7 Å². The van der Waals surface area contributed by atoms with Gasteiger partial charge in [-0.25, -0.2) is 0 Å². The van der Waals surface area contributed by atoms with Crippen molar-refractivity contribution in [2.75, 3.05) is 0 Å². The maximum absolute atomic E-state index is 11.8. The highest BCUT2D eigenvalue weighted by molar-refractivity contribution is 5.76. The molecule has 0 heterocycles. The van der Waals surface area contributed by atoms with Gasteiger partial charge in [-0.2, -0.15) is 0 Å². The fraction of sp³-hybridized carbons (Fsp3) is 0.562. The third kappa shape index (κ3) is 5.77. The summed E-state index contributed by atoms with van der Waals surface area (Å²) in [6.45, 7) is 8.72. The summed E-state index contributed by atoms with van der Waals surface area (Å²) >= 11 is 0. The van der Waals surface area contributed by atoms with Crippen LogP contribution >= 0.6 is 0 Å². The van der Waals surface area contributed by atoms with E-state index in [2.05, 4.69) is 19.2 Å². The molecule has 0 saturated carbocycles. The first kappa shape index (κ1) is 15.5. The Morgan fingerprint density at radius 3 is 2.58 bits per heavy atom. The van der Waals surface area contributed by atoms with E-state index in [1.165, 1.54) is 0 Å². The van der Waals surface area contributed by atoms with Crippen LogP contribution in [0, 0.1) is 5.92 Å². The molecule has 3 nitrogen and oxygen atoms in total. The molecule has 1 amide bonds. The highest BCUT2D eigenvalue weighted by atomic mass is 16.5. The van der Waals surface area contributed by atoms with Crippen molar-refractivity contribution in [1.82, 2.24) is 5.32 Å². The molecule has 19 heavy (non-hydrogen) atoms. The van der Waals surface area contributed by atoms with E-state index in [1.54, 1.807) is 0 Å². The number of para-hydroxylation sites is 1. The van der Waals surface area contributed by atoms with E-state index in [9.17, 15) is 4.79 Å². The molecular weight excluding hydrogens is 238 g/mol. The summed E-state index contributed by atoms with van der Waals surface area (Å²) in [4.78, 5) is 11.8. The van der Waals surface area contributed by atoms with Gasteiger partial charge in [0.2, 0.25) is 5.91 Å². The Labute approximate surface area is 116 Å². The van der Waals surface area contributed by atoms with Crippen molar-refractivity contribution in [2.24, 2.45) is 5.92 Å². The van der Waals surface area contributed by atoms with Crippen LogP contribution in [0.25, 0.3) is 0 Å². The quantitative estimate of drug-likeness (QED) is 0.817. The number of benzene rings is 1. The minimum absolute atomic E-state index is 0.105. The van der Waals surface area contributed by atoms with Gasteiger partial charge in [0.1, 0.15) is 5.75 Å². The van der Waals surface area contributed by atoms with Crippen LogP contribution in [0.2, 0.25) is 0 Å². The molecule has 0 bridgehead atoms. The second-order valence-electron chi connectivity index (χ2n) is 5.27. The molecule has 0 aliphatic rings. The molecule has 1 unspecified atom stereocenters. The maximum Gasteiger partial charge on any atom is 0.220 e. The van der Waals surface area contributed by atoms with Crippen LogP contribution in [0.3, 0.4) is 0 Å². The number of hydrogen-bond donors (Lipinski definition) is 1. The number of amides is 1. The Hall–Kier alpha value is -1.51. The summed E-state index contributed by atoms with van der Waals surface area (Å²) in [6.07, 6.45) is 1.75. The maximum atomic E-state index is 11.8. The topological polar surface area (TPSA) is 38.3 Å². The number of rotatable bonds is 7. The monoisotopic (exact) mass is 263 g/mol. The van der Waals surface area contributed by atoms with Crippen LogP contribution in [-0.2, 0) is 11.3 Å². The number of carbonyl (C=O) groups excluding carboxylic acids is 1. The zero-order valence-corrected chi connectivity index (χ0v) is 12.4. The van der Waals surface area contributed by atoms with E-state index in [1.807, 2.05) is 38.1 Å². The second-order valence-corrected chi connectivity index (χ2v) is 5.27. The van der Waals surface area contributed by atoms with Crippen LogP contribution in [0.15, 0.2) is 24.3 Å². The minimum Gasteiger partial charge on any atom is -0.491 e. The summed E-state index contributed by atoms with van der Waals surface area (Å²) in [5, 5.41) is 2.96. The van der Waals surface area contributed by atoms with Crippen LogP contribution in [-0.4, -0.2) is 12.0 Å². The standard InChI is InChI=1S/C16H25NO2/c1-5-13(4)10-16(18)17-11-14-8-6-7-9-15(14)19-12(2)3/h6-9,12-13H,5,10-11H2,1-4H3,(H,17,18). The third-order valence-electron chi connectivity index (χ3n) is 3.04. The van der Waals surface area contributed by atoms with Crippen molar-refractivity contribution < 1.29 is 9.53 Å². The van der Waals surface area contributed by atoms with Gasteiger partial charge < -0.3 is 10.1 Å². The van der Waals surface area contributed by atoms with Gasteiger partial charge in [0.25, 0.3) is 0 Å². The summed E-state index contributed by atoms with van der Waals surface area (Å²) in [6, 6.07) is 7.84. The number of nitrogens with one attached hydrogen (secondary N) is 1. The van der Waals surface area contributed by atoms with Crippen LogP contribution in [0.4, 0.5) is 0 Å². The molecular formula is C16H25NO2. The van der Waals surface area contributed by atoms with E-state index in [4.69, 9.17) is 4.74 Å². The highest BCUT2D eigenvalue weighted by Crippen LogP contribution is 2.19. The van der Waals surface area contributed by atoms with Crippen molar-refractivity contribution in [2.45, 2.75) is 53.2 Å². The first-order valence-corrected chi connectivity index (χ1v) is 7.04. The number of carbonyl (C=O) groups is 1. The molecule has 0 saturated heterocycles. The Bertz CT molecular complexity index is 401. The SMILES string of the molecule is CCC(C)CC(=O)NCc1ccccc1OC(C)C. The lowest BCUT2D eigenvalue weighted by atomic mass is 10.0. The number of ether oxygens (including phenoxy) is 1. The van der Waals surface area contributed by atoms with Gasteiger partial charge in [-0.05, 0) is 25.8 Å². The van der Waals surface area contributed by atoms with Crippen LogP contribution in [0.1, 0.15) is 46.1 Å². The zero-order chi connectivity index (χ0) is 14.3. The summed E-state index contributed by atoms with van der Waals surface area (Å²) in [5.74, 6) is 1.39. The Morgan fingerprint density at radius 2 is 1.95 bits per heavy atom. The van der Waals surface area contributed by atoms with Gasteiger partial charge in [0.15, 0.2) is 0 Å². The Morgan fingerprint density at radius 1 is 1.26 bits per heavy atom. The molecule has 0 fully saturated rings. The van der Waals surface area contributed by atoms with Crippen molar-refractivity contribution in [1.29, 1.82) is 0 Å². The van der Waals surface area contributed by atoms with Gasteiger partial charge in [0.05, 0.1) is 6.10 Å². The lowest BCUT2D eigenvalue weighted by Crippen LogP contribution is -2.24. The first-order valence-electron chi connectivity index (χ1n) is 7.04. The second kappa shape index (κ2) is 7.82. The fourth-order valence-electron chi connectivity index (χ4n) is 1.75. The molecule has 1 aromatic carbocycles. The Balaban J connectivity index is 2.55. The minimum atomic E-state index is 0.105. The van der Waals surface area contributed by atoms with Crippen molar-refractivity contribution in [3.8, 4) is 5.75 Å². The molecule has 0 aromatic heterocycles. The summed E-state index contributed by atoms with van der Waals surface area (Å²) in [7, 11) is 0. The smallest absolute Gasteiger partial charge is 0.220 e. The van der Waals surface area contributed by atoms with E-state index < -0.39 is 0 Å². The molecule has 0 aliphatic carbocycles. The van der Waals surface area contributed by atoms with E-state index in [0.29, 0.717) is 18.9 Å². The Kier molecular flexibility index (Phi) is 6.40. The largest absolute Gasteiger partial charge is 0.491 e. The lowest BCUT2D eigenvalue weighted by molar-refractivity contribution is -0.122. The van der Waals surface area contributed by atoms with Crippen molar-refractivity contribution >= 4 is 5.91 Å². The van der Waals surface area contributed by atoms with Crippen molar-refractivity contribution in [3.05, 3.63) is 29.8 Å². The van der Waals surface area contributed by atoms with Gasteiger partial charge in [-0.3, -0.25) is 4.79 Å². The fourth-order valence-corrected chi connectivity index (χ4v) is 1.75. The highest BCUT2D eigenvalue weighted by Gasteiger charge is 2.09. The molecule has 0 aliphatic heterocycles. The van der Waals surface area contributed by atoms with Gasteiger partial charge >= 0.3 is 0 Å². The van der Waals surface area contributed by atoms with Crippen LogP contribution < -0.4 is 10.1 Å². The summed E-state index contributed by atoms with van der Waals surface area (Å²) < 4.78 is 5.73. The van der Waals surface area contributed by atoms with E-state index >= 15 is 0 Å². The zero-order valence-electron chi connectivity index (χ0n) is 12.4. The average Bonchev–Trinajstić information content (AvgIpc) is 2.37. The van der Waals surface area contributed by atoms with Gasteiger partial charge in [-0.15, -0.1) is 0 Å². The average molecular weight is 263 g/mol. The molecule has 1 atom stereocenters. The van der Waals surface area contributed by atoms with Gasteiger partial charge in [0, 0.05) is 18.5 Å². The molecule has 106 valence electrons. The molecule has 0 radical (unpaired) electrons. The molecule has 1 rings (SSSR count). The lowest BCUT2D eigenvalue weighted by Gasteiger charge is -2.15. The predicted molar refractivity (Wildman–Crippen MR) is 78.1 cm³/mol. The molecule has 1 aromatic rings. The van der Waals surface area contributed by atoms with E-state index in [-0.39, 0.29) is 12.0 Å². The molecule has 0 spiro atoms. The van der Waals surface area contributed by atoms with Crippen molar-refractivity contribution in [3.63, 3.8) is 0 Å². The normalized spacial score (nSPS) is 12.3. The van der Waals surface area contributed by atoms with Gasteiger partial charge in [-0.1, -0.05) is 38.5 Å². The third-order valence-corrected chi connectivity index (χ3v) is 3.04. The number of hydrogen-bond acceptors (Lipinski definition) is 2. The molecule has 1 N–H and O–H groups in total. The summed E-state index contributed by atoms with van der Waals surface area (Å²) in [5.41, 5.74) is 1.02. The molecule has 3 heteroatoms. The van der Waals surface area contributed by atoms with Crippen LogP contribution in [0.5, 0.6) is 5.75 Å². The predicted octanol–water partition coefficient (Wildman–Crippen LogP) is 3.53. The first-order chi connectivity index (χ1) is 9.02.